The van der Waals surface area contributed by atoms with Crippen LogP contribution in [-0.2, 0) is 4.79 Å². The van der Waals surface area contributed by atoms with Crippen molar-refractivity contribution in [2.24, 2.45) is 0 Å². The molecular formula is C24H19Cl2FN3O3+. The van der Waals surface area contributed by atoms with Gasteiger partial charge in [-0.05, 0) is 66.7 Å². The lowest BCUT2D eigenvalue weighted by molar-refractivity contribution is -0.596. The lowest BCUT2D eigenvalue weighted by Gasteiger charge is -2.15. The van der Waals surface area contributed by atoms with Crippen LogP contribution in [0.15, 0.2) is 66.7 Å². The van der Waals surface area contributed by atoms with E-state index in [-0.39, 0.29) is 5.56 Å². The van der Waals surface area contributed by atoms with Crippen molar-refractivity contribution in [2.75, 3.05) is 7.11 Å². The van der Waals surface area contributed by atoms with Crippen molar-refractivity contribution < 1.29 is 23.4 Å². The quantitative estimate of drug-likeness (QED) is 0.532. The molecule has 0 unspecified atom stereocenters. The largest absolute Gasteiger partial charge is 0.497 e. The van der Waals surface area contributed by atoms with Gasteiger partial charge in [0.15, 0.2) is 6.04 Å². The Bertz CT molecular complexity index is 1230. The van der Waals surface area contributed by atoms with E-state index < -0.39 is 29.7 Å². The van der Waals surface area contributed by atoms with Gasteiger partial charge in [0.05, 0.1) is 17.7 Å². The minimum absolute atomic E-state index is 0.237. The molecule has 9 heteroatoms. The Labute approximate surface area is 199 Å². The van der Waals surface area contributed by atoms with Crippen molar-refractivity contribution in [1.82, 2.24) is 10.7 Å². The zero-order chi connectivity index (χ0) is 23.5. The van der Waals surface area contributed by atoms with Gasteiger partial charge in [0.25, 0.3) is 5.91 Å². The fourth-order valence-electron chi connectivity index (χ4n) is 3.56. The second kappa shape index (κ2) is 9.60. The summed E-state index contributed by atoms with van der Waals surface area (Å²) in [6.45, 7) is 0. The average molecular weight is 487 g/mol. The lowest BCUT2D eigenvalue weighted by atomic mass is 9.99. The average Bonchev–Trinajstić information content (AvgIpc) is 3.10. The van der Waals surface area contributed by atoms with Crippen LogP contribution in [0.2, 0.25) is 10.0 Å². The molecule has 0 bridgehead atoms. The van der Waals surface area contributed by atoms with Gasteiger partial charge < -0.3 is 10.1 Å². The van der Waals surface area contributed by atoms with Crippen LogP contribution in [-0.4, -0.2) is 35.9 Å². The highest BCUT2D eigenvalue weighted by atomic mass is 35.5. The number of hydrazone groups is 1. The molecule has 0 radical (unpaired) electrons. The first-order valence-corrected chi connectivity index (χ1v) is 10.7. The minimum atomic E-state index is -0.932. The molecule has 4 rings (SSSR count). The fraction of sp³-hybridized carbons (Fsp3) is 0.125. The number of halogens is 3. The Morgan fingerprint density at radius 2 is 1.79 bits per heavy atom. The molecule has 2 amide bonds. The third kappa shape index (κ3) is 4.99. The number of hydrogen-bond acceptors (Lipinski definition) is 3. The summed E-state index contributed by atoms with van der Waals surface area (Å²) in [7, 11) is 1.56. The van der Waals surface area contributed by atoms with E-state index in [4.69, 9.17) is 27.9 Å². The van der Waals surface area contributed by atoms with Gasteiger partial charge in [-0.15, -0.1) is 10.1 Å². The van der Waals surface area contributed by atoms with Gasteiger partial charge in [0.1, 0.15) is 11.6 Å². The van der Waals surface area contributed by atoms with Crippen LogP contribution < -0.4 is 15.5 Å². The SMILES string of the molecule is COc1ccc([C@@H]2[C@H](NC(=O)c3ccc(F)cc3)C(=O)N/[N+]2=C\c2ccc(Cl)cc2Cl)cc1. The molecular weight excluding hydrogens is 468 g/mol. The first-order chi connectivity index (χ1) is 15.9. The summed E-state index contributed by atoms with van der Waals surface area (Å²) < 4.78 is 20.1. The molecule has 1 heterocycles. The molecule has 3 aromatic carbocycles. The molecule has 0 aromatic heterocycles. The van der Waals surface area contributed by atoms with Crippen LogP contribution in [0.25, 0.3) is 0 Å². The maximum Gasteiger partial charge on any atom is 0.304 e. The molecule has 1 saturated heterocycles. The number of amides is 2. The monoisotopic (exact) mass is 486 g/mol. The summed E-state index contributed by atoms with van der Waals surface area (Å²) in [4.78, 5) is 25.7. The number of nitrogens with one attached hydrogen (secondary N) is 2. The highest BCUT2D eigenvalue weighted by Gasteiger charge is 2.47. The number of hydrazine groups is 1. The third-order valence-corrected chi connectivity index (χ3v) is 5.79. The van der Waals surface area contributed by atoms with Crippen LogP contribution >= 0.6 is 23.2 Å². The van der Waals surface area contributed by atoms with Gasteiger partial charge in [-0.25, -0.2) is 4.39 Å². The highest BCUT2D eigenvalue weighted by molar-refractivity contribution is 6.36. The molecule has 168 valence electrons. The molecule has 1 aliphatic heterocycles. The van der Waals surface area contributed by atoms with Gasteiger partial charge >= 0.3 is 5.91 Å². The molecule has 6 nitrogen and oxygen atoms in total. The zero-order valence-corrected chi connectivity index (χ0v) is 18.9. The predicted octanol–water partition coefficient (Wildman–Crippen LogP) is 4.16. The van der Waals surface area contributed by atoms with E-state index in [1.807, 2.05) is 12.1 Å². The number of carbonyl (C=O) groups excluding carboxylic acids is 2. The first kappa shape index (κ1) is 22.8. The lowest BCUT2D eigenvalue weighted by Crippen LogP contribution is -2.42. The number of rotatable bonds is 5. The van der Waals surface area contributed by atoms with Crippen LogP contribution in [0.4, 0.5) is 4.39 Å². The van der Waals surface area contributed by atoms with E-state index in [2.05, 4.69) is 10.7 Å². The standard InChI is InChI=1S/C24H18Cl2FN3O3/c1-33-19-10-5-14(6-11-19)22-21(28-23(31)15-3-8-18(27)9-4-15)24(32)29-30(22)13-16-2-7-17(25)12-20(16)26/h2-13,21-22H,1H3,(H-,28,29,31,32)/p+1/b30-13-/t21-,22+/m0/s1. The number of benzene rings is 3. The summed E-state index contributed by atoms with van der Waals surface area (Å²) in [5.41, 5.74) is 4.40. The van der Waals surface area contributed by atoms with Crippen LogP contribution in [0.1, 0.15) is 27.5 Å². The first-order valence-electron chi connectivity index (χ1n) is 9.95. The van der Waals surface area contributed by atoms with E-state index in [0.717, 1.165) is 5.56 Å². The normalized spacial score (nSPS) is 18.8. The van der Waals surface area contributed by atoms with E-state index >= 15 is 0 Å². The molecule has 1 fully saturated rings. The highest BCUT2D eigenvalue weighted by Crippen LogP contribution is 2.28. The van der Waals surface area contributed by atoms with Crippen LogP contribution in [0.3, 0.4) is 0 Å². The number of methoxy groups -OCH3 is 1. The van der Waals surface area contributed by atoms with Crippen molar-refractivity contribution in [2.45, 2.75) is 12.1 Å². The second-order valence-electron chi connectivity index (χ2n) is 7.35. The van der Waals surface area contributed by atoms with Crippen LogP contribution in [0.5, 0.6) is 5.75 Å². The maximum atomic E-state index is 13.2. The van der Waals surface area contributed by atoms with E-state index in [1.54, 1.807) is 48.3 Å². The van der Waals surface area contributed by atoms with Gasteiger partial charge in [-0.1, -0.05) is 23.2 Å². The van der Waals surface area contributed by atoms with Crippen molar-refractivity contribution in [1.29, 1.82) is 0 Å². The Morgan fingerprint density at radius 3 is 2.42 bits per heavy atom. The topological polar surface area (TPSA) is 70.4 Å². The number of ether oxygens (including phenoxy) is 1. The molecule has 33 heavy (non-hydrogen) atoms. The zero-order valence-electron chi connectivity index (χ0n) is 17.4. The van der Waals surface area contributed by atoms with Crippen molar-refractivity contribution in [3.8, 4) is 5.75 Å². The molecule has 2 atom stereocenters. The Kier molecular flexibility index (Phi) is 6.62. The summed E-state index contributed by atoms with van der Waals surface area (Å²) in [6.07, 6.45) is 1.68. The Balaban J connectivity index is 1.72. The molecule has 3 aromatic rings. The molecule has 1 aliphatic rings. The van der Waals surface area contributed by atoms with Crippen LogP contribution in [0, 0.1) is 5.82 Å². The molecule has 0 spiro atoms. The summed E-state index contributed by atoms with van der Waals surface area (Å²) in [5, 5.41) is 3.65. The van der Waals surface area contributed by atoms with Gasteiger partial charge in [-0.2, -0.15) is 0 Å². The van der Waals surface area contributed by atoms with E-state index in [0.29, 0.717) is 21.4 Å². The second-order valence-corrected chi connectivity index (χ2v) is 8.20. The predicted molar refractivity (Wildman–Crippen MR) is 123 cm³/mol. The summed E-state index contributed by atoms with van der Waals surface area (Å²) in [6, 6.07) is 15.7. The Morgan fingerprint density at radius 1 is 1.09 bits per heavy atom. The maximum absolute atomic E-state index is 13.2. The smallest absolute Gasteiger partial charge is 0.304 e. The summed E-state index contributed by atoms with van der Waals surface area (Å²) in [5.74, 6) is -0.714. The van der Waals surface area contributed by atoms with Crippen molar-refractivity contribution in [3.63, 3.8) is 0 Å². The Hall–Kier alpha value is -3.42. The molecule has 0 aliphatic carbocycles. The fourth-order valence-corrected chi connectivity index (χ4v) is 4.02. The van der Waals surface area contributed by atoms with Gasteiger partial charge in [0.2, 0.25) is 12.3 Å². The minimum Gasteiger partial charge on any atom is -0.497 e. The van der Waals surface area contributed by atoms with Gasteiger partial charge in [-0.3, -0.25) is 9.59 Å². The van der Waals surface area contributed by atoms with Gasteiger partial charge in [0, 0.05) is 16.1 Å². The molecule has 2 N–H and O–H groups in total. The summed E-state index contributed by atoms with van der Waals surface area (Å²) >= 11 is 12.3. The third-order valence-electron chi connectivity index (χ3n) is 5.23. The number of carbonyl (C=O) groups is 2. The van der Waals surface area contributed by atoms with Crippen molar-refractivity contribution >= 4 is 41.2 Å². The number of hydrogen-bond donors (Lipinski definition) is 2. The van der Waals surface area contributed by atoms with Crippen molar-refractivity contribution in [3.05, 3.63) is 99.3 Å². The number of nitrogens with zero attached hydrogens (tertiary/aromatic N) is 1. The molecule has 0 saturated carbocycles. The van der Waals surface area contributed by atoms with E-state index in [9.17, 15) is 14.0 Å². The van der Waals surface area contributed by atoms with E-state index in [1.165, 1.54) is 24.3 Å².